The van der Waals surface area contributed by atoms with Gasteiger partial charge in [0.1, 0.15) is 0 Å². The van der Waals surface area contributed by atoms with Crippen LogP contribution in [-0.4, -0.2) is 49.8 Å². The molecule has 25 heavy (non-hydrogen) atoms. The highest BCUT2D eigenvalue weighted by molar-refractivity contribution is 14.0. The van der Waals surface area contributed by atoms with E-state index in [1.165, 1.54) is 5.56 Å². The first-order chi connectivity index (χ1) is 11.7. The summed E-state index contributed by atoms with van der Waals surface area (Å²) in [6.07, 6.45) is 2.69. The number of guanidine groups is 1. The molecule has 142 valence electrons. The fourth-order valence-corrected chi connectivity index (χ4v) is 3.11. The third kappa shape index (κ3) is 8.68. The van der Waals surface area contributed by atoms with Gasteiger partial charge in [0.05, 0.1) is 6.67 Å². The lowest BCUT2D eigenvalue weighted by molar-refractivity contribution is 0.198. The van der Waals surface area contributed by atoms with Gasteiger partial charge in [-0.2, -0.15) is 0 Å². The van der Waals surface area contributed by atoms with Gasteiger partial charge in [-0.3, -0.25) is 14.3 Å². The van der Waals surface area contributed by atoms with E-state index in [4.69, 9.17) is 0 Å². The second-order valence-electron chi connectivity index (χ2n) is 6.12. The highest BCUT2D eigenvalue weighted by Crippen LogP contribution is 2.16. The monoisotopic (exact) mass is 526 g/mol. The fraction of sp³-hybridized carbons (Fsp3) is 0.611. The first-order valence-corrected chi connectivity index (χ1v) is 9.58. The van der Waals surface area contributed by atoms with E-state index in [-0.39, 0.29) is 30.7 Å². The quantitative estimate of drug-likeness (QED) is 0.244. The molecule has 1 aliphatic heterocycles. The third-order valence-corrected chi connectivity index (χ3v) is 4.68. The normalized spacial score (nSPS) is 16.4. The fourth-order valence-electron chi connectivity index (χ4n) is 2.85. The standard InChI is InChI=1S/C18H28BrFN4.HI/c1-2-21-18(22-11-3-10-20)23-17-8-12-24(13-9-17)14-15-4-6-16(19)7-5-15;/h4-7,17H,2-3,8-14H2,1H3,(H2,21,22,23);1H. The average Bonchev–Trinajstić information content (AvgIpc) is 2.59. The minimum atomic E-state index is -0.308. The number of rotatable bonds is 7. The first kappa shape index (κ1) is 22.6. The van der Waals surface area contributed by atoms with Gasteiger partial charge in [-0.25, -0.2) is 0 Å². The molecule has 0 spiro atoms. The van der Waals surface area contributed by atoms with Crippen molar-refractivity contribution in [2.45, 2.75) is 38.8 Å². The number of hydrogen-bond acceptors (Lipinski definition) is 2. The maximum atomic E-state index is 12.2. The minimum absolute atomic E-state index is 0. The maximum Gasteiger partial charge on any atom is 0.191 e. The largest absolute Gasteiger partial charge is 0.357 e. The van der Waals surface area contributed by atoms with Crippen LogP contribution in [0.5, 0.6) is 0 Å². The molecule has 0 aromatic heterocycles. The van der Waals surface area contributed by atoms with Crippen LogP contribution in [0.3, 0.4) is 0 Å². The molecule has 4 nitrogen and oxygen atoms in total. The van der Waals surface area contributed by atoms with Crippen molar-refractivity contribution in [1.29, 1.82) is 0 Å². The SMILES string of the molecule is CCNC(=NCCCF)NC1CCN(Cc2ccc(Br)cc2)CC1.I. The Hall–Kier alpha value is -0.410. The number of nitrogens with zero attached hydrogens (tertiary/aromatic N) is 2. The van der Waals surface area contributed by atoms with Crippen molar-refractivity contribution in [3.05, 3.63) is 34.3 Å². The van der Waals surface area contributed by atoms with E-state index in [0.29, 0.717) is 19.0 Å². The van der Waals surface area contributed by atoms with Crippen molar-refractivity contribution >= 4 is 45.9 Å². The number of hydrogen-bond donors (Lipinski definition) is 2. The Balaban J connectivity index is 0.00000312. The number of piperidine rings is 1. The molecule has 0 amide bonds. The molecule has 0 unspecified atom stereocenters. The number of nitrogens with one attached hydrogen (secondary N) is 2. The second kappa shape index (κ2) is 12.9. The van der Waals surface area contributed by atoms with Crippen LogP contribution in [0.15, 0.2) is 33.7 Å². The predicted octanol–water partition coefficient (Wildman–Crippen LogP) is 3.95. The molecule has 1 heterocycles. The van der Waals surface area contributed by atoms with Gasteiger partial charge in [0.15, 0.2) is 5.96 Å². The molecule has 7 heteroatoms. The van der Waals surface area contributed by atoms with E-state index in [1.807, 2.05) is 6.92 Å². The summed E-state index contributed by atoms with van der Waals surface area (Å²) in [4.78, 5) is 6.92. The van der Waals surface area contributed by atoms with Gasteiger partial charge < -0.3 is 10.6 Å². The molecule has 1 aliphatic rings. The van der Waals surface area contributed by atoms with E-state index >= 15 is 0 Å². The first-order valence-electron chi connectivity index (χ1n) is 8.79. The Bertz CT molecular complexity index is 504. The molecule has 1 fully saturated rings. The zero-order chi connectivity index (χ0) is 17.2. The zero-order valence-electron chi connectivity index (χ0n) is 14.8. The van der Waals surface area contributed by atoms with Crippen molar-refractivity contribution in [3.8, 4) is 0 Å². The third-order valence-electron chi connectivity index (χ3n) is 4.15. The maximum absolute atomic E-state index is 12.2. The smallest absolute Gasteiger partial charge is 0.191 e. The van der Waals surface area contributed by atoms with Crippen LogP contribution in [0, 0.1) is 0 Å². The molecule has 1 aromatic carbocycles. The Labute approximate surface area is 176 Å². The van der Waals surface area contributed by atoms with Crippen molar-refractivity contribution in [3.63, 3.8) is 0 Å². The molecular weight excluding hydrogens is 498 g/mol. The summed E-state index contributed by atoms with van der Waals surface area (Å²) in [5.74, 6) is 0.817. The Morgan fingerprint density at radius 3 is 2.56 bits per heavy atom. The zero-order valence-corrected chi connectivity index (χ0v) is 18.7. The van der Waals surface area contributed by atoms with E-state index in [0.717, 1.165) is 49.5 Å². The summed E-state index contributed by atoms with van der Waals surface area (Å²) >= 11 is 3.48. The Morgan fingerprint density at radius 2 is 1.96 bits per heavy atom. The van der Waals surface area contributed by atoms with Crippen molar-refractivity contribution in [1.82, 2.24) is 15.5 Å². The van der Waals surface area contributed by atoms with Gasteiger partial charge in [0, 0.05) is 43.2 Å². The molecule has 0 aliphatic carbocycles. The van der Waals surface area contributed by atoms with Gasteiger partial charge in [-0.05, 0) is 43.9 Å². The van der Waals surface area contributed by atoms with Gasteiger partial charge >= 0.3 is 0 Å². The molecule has 0 atom stereocenters. The topological polar surface area (TPSA) is 39.7 Å². The second-order valence-corrected chi connectivity index (χ2v) is 7.04. The highest BCUT2D eigenvalue weighted by Gasteiger charge is 2.20. The molecular formula is C18H29BrFIN4. The summed E-state index contributed by atoms with van der Waals surface area (Å²) < 4.78 is 13.3. The van der Waals surface area contributed by atoms with Crippen LogP contribution in [0.25, 0.3) is 0 Å². The molecule has 0 saturated carbocycles. The Morgan fingerprint density at radius 1 is 1.28 bits per heavy atom. The van der Waals surface area contributed by atoms with E-state index in [2.05, 4.69) is 60.7 Å². The van der Waals surface area contributed by atoms with Crippen molar-refractivity contribution in [2.24, 2.45) is 4.99 Å². The van der Waals surface area contributed by atoms with E-state index in [1.54, 1.807) is 0 Å². The van der Waals surface area contributed by atoms with Gasteiger partial charge in [0.2, 0.25) is 0 Å². The lowest BCUT2D eigenvalue weighted by Gasteiger charge is -2.33. The van der Waals surface area contributed by atoms with Gasteiger partial charge in [0.25, 0.3) is 0 Å². The molecule has 1 aromatic rings. The molecule has 0 radical (unpaired) electrons. The summed E-state index contributed by atoms with van der Waals surface area (Å²) in [6, 6.07) is 8.99. The number of alkyl halides is 1. The van der Waals surface area contributed by atoms with Crippen LogP contribution >= 0.6 is 39.9 Å². The summed E-state index contributed by atoms with van der Waals surface area (Å²) in [7, 11) is 0. The van der Waals surface area contributed by atoms with Crippen LogP contribution in [0.4, 0.5) is 4.39 Å². The Kier molecular flexibility index (Phi) is 11.6. The molecule has 0 bridgehead atoms. The van der Waals surface area contributed by atoms with Crippen molar-refractivity contribution in [2.75, 3.05) is 32.9 Å². The number of halogens is 3. The number of likely N-dealkylation sites (tertiary alicyclic amines) is 1. The molecule has 1 saturated heterocycles. The van der Waals surface area contributed by atoms with Crippen LogP contribution in [-0.2, 0) is 6.54 Å². The average molecular weight is 527 g/mol. The summed E-state index contributed by atoms with van der Waals surface area (Å²) in [5, 5.41) is 6.73. The van der Waals surface area contributed by atoms with Crippen LogP contribution < -0.4 is 10.6 Å². The van der Waals surface area contributed by atoms with E-state index in [9.17, 15) is 4.39 Å². The molecule has 2 rings (SSSR count). The van der Waals surface area contributed by atoms with Gasteiger partial charge in [-0.15, -0.1) is 24.0 Å². The molecule has 2 N–H and O–H groups in total. The van der Waals surface area contributed by atoms with Crippen LogP contribution in [0.1, 0.15) is 31.7 Å². The number of benzene rings is 1. The van der Waals surface area contributed by atoms with Crippen molar-refractivity contribution < 1.29 is 4.39 Å². The van der Waals surface area contributed by atoms with Gasteiger partial charge in [-0.1, -0.05) is 28.1 Å². The van der Waals surface area contributed by atoms with Crippen LogP contribution in [0.2, 0.25) is 0 Å². The highest BCUT2D eigenvalue weighted by atomic mass is 127. The number of aliphatic imine (C=N–C) groups is 1. The lowest BCUT2D eigenvalue weighted by atomic mass is 10.0. The van der Waals surface area contributed by atoms with E-state index < -0.39 is 0 Å². The minimum Gasteiger partial charge on any atom is -0.357 e. The summed E-state index contributed by atoms with van der Waals surface area (Å²) in [5.41, 5.74) is 1.35. The lowest BCUT2D eigenvalue weighted by Crippen LogP contribution is -2.48. The summed E-state index contributed by atoms with van der Waals surface area (Å²) in [6.45, 7) is 6.27. The predicted molar refractivity (Wildman–Crippen MR) is 118 cm³/mol.